The molecule has 1 rings (SSSR count). The van der Waals surface area contributed by atoms with E-state index in [4.69, 9.17) is 9.84 Å². The van der Waals surface area contributed by atoms with E-state index in [9.17, 15) is 9.59 Å². The second-order valence-electron chi connectivity index (χ2n) is 5.08. The van der Waals surface area contributed by atoms with Crippen molar-refractivity contribution < 1.29 is 19.4 Å². The summed E-state index contributed by atoms with van der Waals surface area (Å²) in [5.41, 5.74) is 0.677. The van der Waals surface area contributed by atoms with Crippen LogP contribution in [0.15, 0.2) is 18.3 Å². The first-order chi connectivity index (χ1) is 8.76. The van der Waals surface area contributed by atoms with Gasteiger partial charge < -0.3 is 15.2 Å². The number of pyridine rings is 1. The number of carboxylic acids is 1. The molecule has 1 aromatic rings. The molecule has 19 heavy (non-hydrogen) atoms. The minimum Gasteiger partial charge on any atom is -0.481 e. The minimum atomic E-state index is -0.905. The van der Waals surface area contributed by atoms with Crippen molar-refractivity contribution in [2.45, 2.75) is 39.3 Å². The van der Waals surface area contributed by atoms with Crippen LogP contribution < -0.4 is 5.32 Å². The van der Waals surface area contributed by atoms with E-state index >= 15 is 0 Å². The Balaban J connectivity index is 2.53. The van der Waals surface area contributed by atoms with Crippen LogP contribution in [0.25, 0.3) is 0 Å². The molecule has 0 aliphatic heterocycles. The van der Waals surface area contributed by atoms with Gasteiger partial charge in [0.15, 0.2) is 0 Å². The molecule has 104 valence electrons. The van der Waals surface area contributed by atoms with Crippen LogP contribution >= 0.6 is 0 Å². The largest absolute Gasteiger partial charge is 0.481 e. The second kappa shape index (κ2) is 6.17. The van der Waals surface area contributed by atoms with Gasteiger partial charge in [-0.05, 0) is 38.5 Å². The SMILES string of the molecule is CC(C)(C)OC(=O)NCc1cc(CC(=O)O)ccn1. The molecule has 2 N–H and O–H groups in total. The topological polar surface area (TPSA) is 88.5 Å². The first-order valence-electron chi connectivity index (χ1n) is 5.89. The van der Waals surface area contributed by atoms with Crippen LogP contribution in [0.1, 0.15) is 32.0 Å². The Morgan fingerprint density at radius 2 is 2.11 bits per heavy atom. The van der Waals surface area contributed by atoms with Crippen molar-refractivity contribution >= 4 is 12.1 Å². The van der Waals surface area contributed by atoms with Crippen molar-refractivity contribution in [1.29, 1.82) is 0 Å². The van der Waals surface area contributed by atoms with E-state index < -0.39 is 17.7 Å². The lowest BCUT2D eigenvalue weighted by molar-refractivity contribution is -0.136. The third kappa shape index (κ3) is 6.40. The van der Waals surface area contributed by atoms with Crippen molar-refractivity contribution in [3.05, 3.63) is 29.6 Å². The van der Waals surface area contributed by atoms with Gasteiger partial charge in [0.2, 0.25) is 0 Å². The van der Waals surface area contributed by atoms with Crippen LogP contribution in [0.3, 0.4) is 0 Å². The average Bonchev–Trinajstić information content (AvgIpc) is 2.23. The molecular weight excluding hydrogens is 248 g/mol. The van der Waals surface area contributed by atoms with Gasteiger partial charge >= 0.3 is 12.1 Å². The number of carbonyl (C=O) groups excluding carboxylic acids is 1. The number of carbonyl (C=O) groups is 2. The maximum Gasteiger partial charge on any atom is 0.407 e. The quantitative estimate of drug-likeness (QED) is 0.866. The number of hydrogen-bond donors (Lipinski definition) is 2. The predicted octanol–water partition coefficient (Wildman–Crippen LogP) is 1.73. The molecule has 0 saturated carbocycles. The molecule has 0 spiro atoms. The fourth-order valence-electron chi connectivity index (χ4n) is 1.39. The Kier molecular flexibility index (Phi) is 4.86. The number of aromatic nitrogens is 1. The van der Waals surface area contributed by atoms with E-state index in [2.05, 4.69) is 10.3 Å². The molecule has 0 aliphatic rings. The first-order valence-corrected chi connectivity index (χ1v) is 5.89. The molecule has 1 amide bonds. The highest BCUT2D eigenvalue weighted by atomic mass is 16.6. The Labute approximate surface area is 111 Å². The van der Waals surface area contributed by atoms with E-state index in [0.717, 1.165) is 0 Å². The highest BCUT2D eigenvalue weighted by Crippen LogP contribution is 2.07. The summed E-state index contributed by atoms with van der Waals surface area (Å²) >= 11 is 0. The van der Waals surface area contributed by atoms with Gasteiger partial charge in [-0.3, -0.25) is 9.78 Å². The van der Waals surface area contributed by atoms with Crippen LogP contribution in [-0.2, 0) is 22.5 Å². The van der Waals surface area contributed by atoms with Gasteiger partial charge in [0.1, 0.15) is 5.60 Å². The molecule has 0 saturated heterocycles. The van der Waals surface area contributed by atoms with Gasteiger partial charge in [-0.15, -0.1) is 0 Å². The number of aliphatic carboxylic acids is 1. The lowest BCUT2D eigenvalue weighted by Crippen LogP contribution is -2.32. The predicted molar refractivity (Wildman–Crippen MR) is 68.7 cm³/mol. The summed E-state index contributed by atoms with van der Waals surface area (Å²) in [6.07, 6.45) is 0.921. The first kappa shape index (κ1) is 14.9. The number of carboxylic acid groups (broad SMARTS) is 1. The van der Waals surface area contributed by atoms with Crippen molar-refractivity contribution in [3.63, 3.8) is 0 Å². The zero-order chi connectivity index (χ0) is 14.5. The molecule has 6 nitrogen and oxygen atoms in total. The maximum atomic E-state index is 11.4. The Morgan fingerprint density at radius 1 is 1.42 bits per heavy atom. The molecule has 0 radical (unpaired) electrons. The van der Waals surface area contributed by atoms with E-state index in [1.807, 2.05) is 0 Å². The molecule has 0 fully saturated rings. The normalized spacial score (nSPS) is 10.9. The van der Waals surface area contributed by atoms with E-state index in [-0.39, 0.29) is 13.0 Å². The maximum absolute atomic E-state index is 11.4. The molecule has 0 unspecified atom stereocenters. The van der Waals surface area contributed by atoms with Gasteiger partial charge in [0.25, 0.3) is 0 Å². The van der Waals surface area contributed by atoms with E-state index in [1.165, 1.54) is 6.20 Å². The minimum absolute atomic E-state index is 0.0675. The summed E-state index contributed by atoms with van der Waals surface area (Å²) in [5, 5.41) is 11.3. The van der Waals surface area contributed by atoms with Crippen LogP contribution in [0.2, 0.25) is 0 Å². The zero-order valence-corrected chi connectivity index (χ0v) is 11.3. The standard InChI is InChI=1S/C13H18N2O4/c1-13(2,3)19-12(18)15-8-10-6-9(4-5-14-10)7-11(16)17/h4-6H,7-8H2,1-3H3,(H,15,18)(H,16,17). The molecule has 0 aliphatic carbocycles. The Hall–Kier alpha value is -2.11. The highest BCUT2D eigenvalue weighted by molar-refractivity contribution is 5.70. The van der Waals surface area contributed by atoms with Crippen molar-refractivity contribution in [2.75, 3.05) is 0 Å². The van der Waals surface area contributed by atoms with Gasteiger partial charge in [-0.1, -0.05) is 0 Å². The van der Waals surface area contributed by atoms with Crippen LogP contribution in [0.4, 0.5) is 4.79 Å². The number of rotatable bonds is 4. The summed E-state index contributed by atoms with van der Waals surface area (Å²) < 4.78 is 5.08. The fraction of sp³-hybridized carbons (Fsp3) is 0.462. The molecule has 6 heteroatoms. The zero-order valence-electron chi connectivity index (χ0n) is 11.3. The molecule has 0 aromatic carbocycles. The molecule has 1 heterocycles. The van der Waals surface area contributed by atoms with Gasteiger partial charge in [-0.2, -0.15) is 0 Å². The molecular formula is C13H18N2O4. The van der Waals surface area contributed by atoms with E-state index in [0.29, 0.717) is 11.3 Å². The van der Waals surface area contributed by atoms with Crippen molar-refractivity contribution in [3.8, 4) is 0 Å². The Morgan fingerprint density at radius 3 is 2.68 bits per heavy atom. The summed E-state index contributed by atoms with van der Waals surface area (Å²) in [6.45, 7) is 5.53. The number of amides is 1. The molecule has 0 bridgehead atoms. The average molecular weight is 266 g/mol. The number of ether oxygens (including phenoxy) is 1. The van der Waals surface area contributed by atoms with Gasteiger partial charge in [0, 0.05) is 6.20 Å². The summed E-state index contributed by atoms with van der Waals surface area (Å²) in [4.78, 5) is 26.1. The third-order valence-electron chi connectivity index (χ3n) is 2.05. The van der Waals surface area contributed by atoms with Crippen molar-refractivity contribution in [2.24, 2.45) is 0 Å². The van der Waals surface area contributed by atoms with Crippen LogP contribution in [0.5, 0.6) is 0 Å². The smallest absolute Gasteiger partial charge is 0.407 e. The third-order valence-corrected chi connectivity index (χ3v) is 2.05. The lowest BCUT2D eigenvalue weighted by Gasteiger charge is -2.19. The Bertz CT molecular complexity index is 466. The summed E-state index contributed by atoms with van der Waals surface area (Å²) in [7, 11) is 0. The van der Waals surface area contributed by atoms with Gasteiger partial charge in [0.05, 0.1) is 18.7 Å². The lowest BCUT2D eigenvalue weighted by atomic mass is 10.1. The summed E-state index contributed by atoms with van der Waals surface area (Å²) in [6, 6.07) is 3.27. The number of hydrogen-bond acceptors (Lipinski definition) is 4. The monoisotopic (exact) mass is 266 g/mol. The molecule has 0 atom stereocenters. The van der Waals surface area contributed by atoms with Gasteiger partial charge in [-0.25, -0.2) is 4.79 Å². The van der Waals surface area contributed by atoms with E-state index in [1.54, 1.807) is 32.9 Å². The highest BCUT2D eigenvalue weighted by Gasteiger charge is 2.15. The summed E-state index contributed by atoms with van der Waals surface area (Å²) in [5.74, 6) is -0.905. The molecule has 1 aromatic heterocycles. The van der Waals surface area contributed by atoms with Crippen molar-refractivity contribution in [1.82, 2.24) is 10.3 Å². The second-order valence-corrected chi connectivity index (χ2v) is 5.08. The number of alkyl carbamates (subject to hydrolysis) is 1. The number of nitrogens with zero attached hydrogens (tertiary/aromatic N) is 1. The number of nitrogens with one attached hydrogen (secondary N) is 1. The van der Waals surface area contributed by atoms with Crippen LogP contribution in [-0.4, -0.2) is 27.8 Å². The van der Waals surface area contributed by atoms with Crippen LogP contribution in [0, 0.1) is 0 Å². The fourth-order valence-corrected chi connectivity index (χ4v) is 1.39.